The maximum atomic E-state index is 15.3. The zero-order valence-corrected chi connectivity index (χ0v) is 20.6. The molecular weight excluding hydrogens is 445 g/mol. The van der Waals surface area contributed by atoms with Crippen LogP contribution in [0.1, 0.15) is 69.2 Å². The molecule has 0 atom stereocenters. The molecule has 0 unspecified atom stereocenters. The van der Waals surface area contributed by atoms with Crippen LogP contribution in [-0.4, -0.2) is 46.4 Å². The minimum absolute atomic E-state index is 0.195. The summed E-state index contributed by atoms with van der Waals surface area (Å²) in [7, 11) is 0. The number of nitrogens with zero attached hydrogens (tertiary/aromatic N) is 4. The molecule has 2 aromatic heterocycles. The molecule has 1 N–H and O–H groups in total. The van der Waals surface area contributed by atoms with Crippen molar-refractivity contribution in [3.63, 3.8) is 0 Å². The highest BCUT2D eigenvalue weighted by Crippen LogP contribution is 2.39. The summed E-state index contributed by atoms with van der Waals surface area (Å²) in [5.74, 6) is 1.92. The van der Waals surface area contributed by atoms with Crippen LogP contribution in [0.3, 0.4) is 0 Å². The SMILES string of the molecule is Cc1noc(-c2c(N3CCC(NC4CCCCC4)CC3)nc3c(F)cc(OC4CC4)cc3c2C)n1. The van der Waals surface area contributed by atoms with Crippen LogP contribution in [0.15, 0.2) is 16.7 Å². The fourth-order valence-electron chi connectivity index (χ4n) is 5.63. The quantitative estimate of drug-likeness (QED) is 0.502. The Kier molecular flexibility index (Phi) is 6.08. The van der Waals surface area contributed by atoms with E-state index in [2.05, 4.69) is 20.4 Å². The summed E-state index contributed by atoms with van der Waals surface area (Å²) in [5, 5.41) is 8.64. The number of pyridine rings is 1. The van der Waals surface area contributed by atoms with E-state index in [1.807, 2.05) is 13.0 Å². The van der Waals surface area contributed by atoms with Crippen molar-refractivity contribution in [3.05, 3.63) is 29.3 Å². The van der Waals surface area contributed by atoms with Crippen LogP contribution in [-0.2, 0) is 0 Å². The van der Waals surface area contributed by atoms with Crippen molar-refractivity contribution >= 4 is 16.7 Å². The van der Waals surface area contributed by atoms with E-state index in [1.54, 1.807) is 6.92 Å². The van der Waals surface area contributed by atoms with Gasteiger partial charge in [0.05, 0.1) is 11.7 Å². The molecule has 3 heterocycles. The third-order valence-electron chi connectivity index (χ3n) is 7.70. The van der Waals surface area contributed by atoms with E-state index in [-0.39, 0.29) is 11.9 Å². The summed E-state index contributed by atoms with van der Waals surface area (Å²) in [6.07, 6.45) is 10.9. The van der Waals surface area contributed by atoms with Crippen molar-refractivity contribution in [2.24, 2.45) is 0 Å². The average molecular weight is 480 g/mol. The number of hydrogen-bond donors (Lipinski definition) is 1. The zero-order valence-electron chi connectivity index (χ0n) is 20.6. The van der Waals surface area contributed by atoms with Gasteiger partial charge in [-0.05, 0) is 64.0 Å². The van der Waals surface area contributed by atoms with Crippen molar-refractivity contribution in [1.82, 2.24) is 20.4 Å². The second kappa shape index (κ2) is 9.37. The Bertz CT molecular complexity index is 1210. The van der Waals surface area contributed by atoms with Crippen LogP contribution in [0, 0.1) is 19.7 Å². The maximum absolute atomic E-state index is 15.3. The Balaban J connectivity index is 1.33. The first kappa shape index (κ1) is 22.7. The lowest BCUT2D eigenvalue weighted by Crippen LogP contribution is -2.47. The molecule has 0 spiro atoms. The third-order valence-corrected chi connectivity index (χ3v) is 7.70. The summed E-state index contributed by atoms with van der Waals surface area (Å²) < 4.78 is 26.8. The van der Waals surface area contributed by atoms with Crippen LogP contribution in [0.2, 0.25) is 0 Å². The number of rotatable bonds is 6. The number of aromatic nitrogens is 3. The lowest BCUT2D eigenvalue weighted by molar-refractivity contribution is 0.302. The molecule has 3 fully saturated rings. The maximum Gasteiger partial charge on any atom is 0.261 e. The number of benzene rings is 1. The molecule has 6 rings (SSSR count). The van der Waals surface area contributed by atoms with Crippen molar-refractivity contribution in [1.29, 1.82) is 0 Å². The highest BCUT2D eigenvalue weighted by Gasteiger charge is 2.29. The summed E-state index contributed by atoms with van der Waals surface area (Å²) in [6.45, 7) is 5.50. The second-order valence-corrected chi connectivity index (χ2v) is 10.5. The van der Waals surface area contributed by atoms with E-state index >= 15 is 4.39 Å². The lowest BCUT2D eigenvalue weighted by Gasteiger charge is -2.37. The predicted molar refractivity (Wildman–Crippen MR) is 133 cm³/mol. The number of fused-ring (bicyclic) bond motifs is 1. The molecule has 0 bridgehead atoms. The summed E-state index contributed by atoms with van der Waals surface area (Å²) >= 11 is 0. The van der Waals surface area contributed by atoms with Gasteiger partial charge in [-0.25, -0.2) is 9.37 Å². The number of nitrogens with one attached hydrogen (secondary N) is 1. The van der Waals surface area contributed by atoms with Gasteiger partial charge in [0.25, 0.3) is 5.89 Å². The van der Waals surface area contributed by atoms with Gasteiger partial charge < -0.3 is 19.5 Å². The Hall–Kier alpha value is -2.74. The smallest absolute Gasteiger partial charge is 0.261 e. The molecular formula is C27H34FN5O2. The topological polar surface area (TPSA) is 76.3 Å². The van der Waals surface area contributed by atoms with E-state index in [0.717, 1.165) is 61.1 Å². The normalized spacial score (nSPS) is 20.0. The molecule has 1 aliphatic heterocycles. The fourth-order valence-corrected chi connectivity index (χ4v) is 5.63. The van der Waals surface area contributed by atoms with Crippen molar-refractivity contribution in [2.45, 2.75) is 89.8 Å². The van der Waals surface area contributed by atoms with E-state index in [0.29, 0.717) is 35.1 Å². The van der Waals surface area contributed by atoms with Gasteiger partial charge in [-0.2, -0.15) is 4.98 Å². The molecule has 3 aliphatic rings. The number of halogens is 1. The van der Waals surface area contributed by atoms with Gasteiger partial charge in [-0.3, -0.25) is 0 Å². The van der Waals surface area contributed by atoms with Crippen LogP contribution in [0.4, 0.5) is 10.2 Å². The highest BCUT2D eigenvalue weighted by atomic mass is 19.1. The summed E-state index contributed by atoms with van der Waals surface area (Å²) in [6, 6.07) is 4.53. The Morgan fingerprint density at radius 1 is 0.971 bits per heavy atom. The van der Waals surface area contributed by atoms with Gasteiger partial charge in [0, 0.05) is 36.6 Å². The zero-order chi connectivity index (χ0) is 23.9. The van der Waals surface area contributed by atoms with E-state index in [1.165, 1.54) is 38.2 Å². The molecule has 1 aromatic carbocycles. The molecule has 35 heavy (non-hydrogen) atoms. The monoisotopic (exact) mass is 479 g/mol. The van der Waals surface area contributed by atoms with E-state index in [9.17, 15) is 0 Å². The van der Waals surface area contributed by atoms with Gasteiger partial charge >= 0.3 is 0 Å². The van der Waals surface area contributed by atoms with E-state index in [4.69, 9.17) is 14.2 Å². The van der Waals surface area contributed by atoms with Crippen LogP contribution in [0.5, 0.6) is 5.75 Å². The molecule has 7 nitrogen and oxygen atoms in total. The van der Waals surface area contributed by atoms with Crippen LogP contribution < -0.4 is 15.0 Å². The predicted octanol–water partition coefficient (Wildman–Crippen LogP) is 5.47. The fraction of sp³-hybridized carbons (Fsp3) is 0.593. The molecule has 0 amide bonds. The first-order valence-corrected chi connectivity index (χ1v) is 13.2. The lowest BCUT2D eigenvalue weighted by atomic mass is 9.93. The van der Waals surface area contributed by atoms with Gasteiger partial charge in [-0.15, -0.1) is 0 Å². The number of hydrogen-bond acceptors (Lipinski definition) is 7. The highest BCUT2D eigenvalue weighted by molar-refractivity contribution is 5.93. The van der Waals surface area contributed by atoms with Gasteiger partial charge in [0.1, 0.15) is 17.1 Å². The minimum Gasteiger partial charge on any atom is -0.490 e. The standard InChI is InChI=1S/C27H34FN5O2/c1-16-22-14-21(34-20-8-9-20)15-23(28)25(22)31-26(24(16)27-29-17(2)32-35-27)33-12-10-19(11-13-33)30-18-6-4-3-5-7-18/h14-15,18-20,30H,3-13H2,1-2H3. The van der Waals surface area contributed by atoms with Crippen molar-refractivity contribution < 1.29 is 13.7 Å². The minimum atomic E-state index is -0.357. The van der Waals surface area contributed by atoms with Crippen molar-refractivity contribution in [2.75, 3.05) is 18.0 Å². The number of ether oxygens (including phenoxy) is 1. The number of aryl methyl sites for hydroxylation is 2. The van der Waals surface area contributed by atoms with Crippen molar-refractivity contribution in [3.8, 4) is 17.2 Å². The molecule has 0 radical (unpaired) electrons. The third kappa shape index (κ3) is 4.73. The second-order valence-electron chi connectivity index (χ2n) is 10.5. The van der Waals surface area contributed by atoms with Crippen LogP contribution in [0.25, 0.3) is 22.4 Å². The summed E-state index contributed by atoms with van der Waals surface area (Å²) in [5.41, 5.74) is 2.04. The first-order chi connectivity index (χ1) is 17.0. The Morgan fingerprint density at radius 3 is 2.40 bits per heavy atom. The molecule has 2 aliphatic carbocycles. The molecule has 2 saturated carbocycles. The number of piperidine rings is 1. The first-order valence-electron chi connectivity index (χ1n) is 13.2. The largest absolute Gasteiger partial charge is 0.490 e. The van der Waals surface area contributed by atoms with Gasteiger partial charge in [-0.1, -0.05) is 24.4 Å². The van der Waals surface area contributed by atoms with Crippen LogP contribution >= 0.6 is 0 Å². The Morgan fingerprint density at radius 2 is 1.71 bits per heavy atom. The molecule has 186 valence electrons. The Labute approximate surface area is 205 Å². The molecule has 8 heteroatoms. The van der Waals surface area contributed by atoms with Gasteiger partial charge in [0.2, 0.25) is 0 Å². The average Bonchev–Trinajstić information content (AvgIpc) is 3.57. The van der Waals surface area contributed by atoms with E-state index < -0.39 is 0 Å². The molecule has 1 saturated heterocycles. The van der Waals surface area contributed by atoms with Gasteiger partial charge in [0.15, 0.2) is 11.6 Å². The molecule has 3 aromatic rings. The number of anilines is 1. The summed E-state index contributed by atoms with van der Waals surface area (Å²) in [4.78, 5) is 11.6.